The van der Waals surface area contributed by atoms with E-state index < -0.39 is 0 Å². The quantitative estimate of drug-likeness (QED) is 0.734. The van der Waals surface area contributed by atoms with Crippen molar-refractivity contribution in [3.05, 3.63) is 53.3 Å². The van der Waals surface area contributed by atoms with Gasteiger partial charge in [-0.3, -0.25) is 0 Å². The third-order valence-corrected chi connectivity index (χ3v) is 3.40. The van der Waals surface area contributed by atoms with Crippen LogP contribution >= 0.6 is 0 Å². The number of anilines is 1. The van der Waals surface area contributed by atoms with Gasteiger partial charge in [0.15, 0.2) is 5.82 Å². The van der Waals surface area contributed by atoms with Crippen LogP contribution in [-0.2, 0) is 0 Å². The second-order valence-corrected chi connectivity index (χ2v) is 4.92. The van der Waals surface area contributed by atoms with E-state index >= 15 is 0 Å². The molecule has 0 atom stereocenters. The maximum absolute atomic E-state index is 13.5. The van der Waals surface area contributed by atoms with Gasteiger partial charge in [0.25, 0.3) is 0 Å². The van der Waals surface area contributed by atoms with E-state index in [1.165, 1.54) is 16.8 Å². The van der Waals surface area contributed by atoms with Crippen molar-refractivity contribution in [1.82, 2.24) is 20.2 Å². The lowest BCUT2D eigenvalue weighted by molar-refractivity contribution is 0.624. The summed E-state index contributed by atoms with van der Waals surface area (Å²) in [6.07, 6.45) is 0. The SMILES string of the molecule is Cc1cc(-c2nnnn2-c2cc(F)ccc2C)ccc1N. The fraction of sp³-hybridized carbons (Fsp3) is 0.133. The molecule has 3 rings (SSSR count). The molecule has 3 aromatic rings. The molecule has 0 aliphatic rings. The molecule has 0 fully saturated rings. The number of tetrazole rings is 1. The van der Waals surface area contributed by atoms with Gasteiger partial charge in [-0.1, -0.05) is 6.07 Å². The highest BCUT2D eigenvalue weighted by atomic mass is 19.1. The average Bonchev–Trinajstić information content (AvgIpc) is 2.93. The van der Waals surface area contributed by atoms with E-state index in [4.69, 9.17) is 5.73 Å². The summed E-state index contributed by atoms with van der Waals surface area (Å²) in [5, 5.41) is 11.7. The standard InChI is InChI=1S/C15H14FN5/c1-9-3-5-12(16)8-14(9)21-15(18-19-20-21)11-4-6-13(17)10(2)7-11/h3-8H,17H2,1-2H3. The van der Waals surface area contributed by atoms with Crippen LogP contribution in [0, 0.1) is 19.7 Å². The molecule has 21 heavy (non-hydrogen) atoms. The zero-order valence-electron chi connectivity index (χ0n) is 11.7. The van der Waals surface area contributed by atoms with Gasteiger partial charge in [-0.25, -0.2) is 4.39 Å². The zero-order chi connectivity index (χ0) is 15.0. The van der Waals surface area contributed by atoms with E-state index in [9.17, 15) is 4.39 Å². The Hall–Kier alpha value is -2.76. The van der Waals surface area contributed by atoms with Crippen LogP contribution < -0.4 is 5.73 Å². The summed E-state index contributed by atoms with van der Waals surface area (Å²) >= 11 is 0. The number of halogens is 1. The average molecular weight is 283 g/mol. The summed E-state index contributed by atoms with van der Waals surface area (Å²) < 4.78 is 15.0. The van der Waals surface area contributed by atoms with Crippen LogP contribution in [0.25, 0.3) is 17.1 Å². The minimum absolute atomic E-state index is 0.328. The molecule has 0 unspecified atom stereocenters. The Balaban J connectivity index is 2.17. The van der Waals surface area contributed by atoms with Gasteiger partial charge in [0.2, 0.25) is 0 Å². The zero-order valence-corrected chi connectivity index (χ0v) is 11.7. The van der Waals surface area contributed by atoms with E-state index in [1.807, 2.05) is 32.0 Å². The van der Waals surface area contributed by atoms with Crippen molar-refractivity contribution in [3.63, 3.8) is 0 Å². The lowest BCUT2D eigenvalue weighted by atomic mass is 10.1. The molecule has 2 aromatic carbocycles. The van der Waals surface area contributed by atoms with Crippen LogP contribution in [0.5, 0.6) is 0 Å². The lowest BCUT2D eigenvalue weighted by Crippen LogP contribution is -2.03. The number of rotatable bonds is 2. The van der Waals surface area contributed by atoms with Crippen molar-refractivity contribution in [2.45, 2.75) is 13.8 Å². The number of nitrogen functional groups attached to an aromatic ring is 1. The van der Waals surface area contributed by atoms with Crippen LogP contribution in [0.4, 0.5) is 10.1 Å². The van der Waals surface area contributed by atoms with Gasteiger partial charge < -0.3 is 5.73 Å². The molecule has 0 amide bonds. The summed E-state index contributed by atoms with van der Waals surface area (Å²) in [6.45, 7) is 3.80. The molecule has 5 nitrogen and oxygen atoms in total. The summed E-state index contributed by atoms with van der Waals surface area (Å²) in [7, 11) is 0. The summed E-state index contributed by atoms with van der Waals surface area (Å²) in [5.41, 5.74) is 9.81. The molecule has 1 aromatic heterocycles. The largest absolute Gasteiger partial charge is 0.399 e. The molecule has 0 aliphatic heterocycles. The third-order valence-electron chi connectivity index (χ3n) is 3.40. The number of hydrogen-bond donors (Lipinski definition) is 1. The van der Waals surface area contributed by atoms with Crippen LogP contribution in [0.1, 0.15) is 11.1 Å². The van der Waals surface area contributed by atoms with Gasteiger partial charge in [-0.15, -0.1) is 5.10 Å². The Morgan fingerprint density at radius 2 is 1.86 bits per heavy atom. The van der Waals surface area contributed by atoms with Crippen molar-refractivity contribution >= 4 is 5.69 Å². The molecule has 0 aliphatic carbocycles. The first-order chi connectivity index (χ1) is 10.1. The molecule has 2 N–H and O–H groups in total. The highest BCUT2D eigenvalue weighted by Gasteiger charge is 2.13. The fourth-order valence-corrected chi connectivity index (χ4v) is 2.15. The van der Waals surface area contributed by atoms with E-state index in [2.05, 4.69) is 15.5 Å². The van der Waals surface area contributed by atoms with E-state index in [0.29, 0.717) is 17.2 Å². The van der Waals surface area contributed by atoms with Crippen molar-refractivity contribution in [2.24, 2.45) is 0 Å². The Bertz CT molecular complexity index is 810. The molecule has 106 valence electrons. The Morgan fingerprint density at radius 1 is 1.05 bits per heavy atom. The topological polar surface area (TPSA) is 69.6 Å². The number of aryl methyl sites for hydroxylation is 2. The first-order valence-electron chi connectivity index (χ1n) is 6.47. The van der Waals surface area contributed by atoms with Crippen LogP contribution in [0.2, 0.25) is 0 Å². The van der Waals surface area contributed by atoms with Crippen LogP contribution in [0.3, 0.4) is 0 Å². The van der Waals surface area contributed by atoms with Crippen molar-refractivity contribution in [3.8, 4) is 17.1 Å². The Kier molecular flexibility index (Phi) is 3.13. The molecular formula is C15H14FN5. The molecule has 0 saturated heterocycles. The van der Waals surface area contributed by atoms with Crippen molar-refractivity contribution in [1.29, 1.82) is 0 Å². The predicted octanol–water partition coefficient (Wildman–Crippen LogP) is 2.67. The smallest absolute Gasteiger partial charge is 0.187 e. The fourth-order valence-electron chi connectivity index (χ4n) is 2.15. The summed E-state index contributed by atoms with van der Waals surface area (Å²) in [6, 6.07) is 10.1. The van der Waals surface area contributed by atoms with E-state index in [-0.39, 0.29) is 5.82 Å². The second kappa shape index (κ2) is 4.97. The molecule has 6 heteroatoms. The molecule has 0 spiro atoms. The third kappa shape index (κ3) is 2.35. The molecule has 0 saturated carbocycles. The van der Waals surface area contributed by atoms with Crippen molar-refractivity contribution < 1.29 is 4.39 Å². The minimum atomic E-state index is -0.328. The monoisotopic (exact) mass is 283 g/mol. The van der Waals surface area contributed by atoms with Gasteiger partial charge in [0.05, 0.1) is 5.69 Å². The predicted molar refractivity (Wildman–Crippen MR) is 78.4 cm³/mol. The minimum Gasteiger partial charge on any atom is -0.399 e. The molecule has 1 heterocycles. The molecule has 0 bridgehead atoms. The van der Waals surface area contributed by atoms with Crippen molar-refractivity contribution in [2.75, 3.05) is 5.73 Å². The van der Waals surface area contributed by atoms with Gasteiger partial charge in [-0.05, 0) is 65.7 Å². The number of nitrogens with two attached hydrogens (primary N) is 1. The van der Waals surface area contributed by atoms with Crippen LogP contribution in [0.15, 0.2) is 36.4 Å². The van der Waals surface area contributed by atoms with E-state index in [1.54, 1.807) is 6.07 Å². The van der Waals surface area contributed by atoms with Gasteiger partial charge in [0.1, 0.15) is 5.82 Å². The van der Waals surface area contributed by atoms with Gasteiger partial charge >= 0.3 is 0 Å². The maximum Gasteiger partial charge on any atom is 0.187 e. The number of hydrogen-bond acceptors (Lipinski definition) is 4. The highest BCUT2D eigenvalue weighted by molar-refractivity contribution is 5.63. The first-order valence-corrected chi connectivity index (χ1v) is 6.47. The number of aromatic nitrogens is 4. The first kappa shape index (κ1) is 13.2. The highest BCUT2D eigenvalue weighted by Crippen LogP contribution is 2.24. The normalized spacial score (nSPS) is 10.8. The summed E-state index contributed by atoms with van der Waals surface area (Å²) in [5.74, 6) is 0.220. The van der Waals surface area contributed by atoms with Gasteiger partial charge in [-0.2, -0.15) is 4.68 Å². The summed E-state index contributed by atoms with van der Waals surface area (Å²) in [4.78, 5) is 0. The number of nitrogens with zero attached hydrogens (tertiary/aromatic N) is 4. The second-order valence-electron chi connectivity index (χ2n) is 4.92. The number of benzene rings is 2. The Labute approximate surface area is 121 Å². The van der Waals surface area contributed by atoms with Crippen LogP contribution in [-0.4, -0.2) is 20.2 Å². The maximum atomic E-state index is 13.5. The van der Waals surface area contributed by atoms with Gasteiger partial charge in [0, 0.05) is 11.3 Å². The lowest BCUT2D eigenvalue weighted by Gasteiger charge is -2.09. The molecular weight excluding hydrogens is 269 g/mol. The molecule has 0 radical (unpaired) electrons. The Morgan fingerprint density at radius 3 is 2.62 bits per heavy atom. The van der Waals surface area contributed by atoms with E-state index in [0.717, 1.165) is 16.7 Å².